The van der Waals surface area contributed by atoms with Crippen molar-refractivity contribution >= 4 is 28.3 Å². The Morgan fingerprint density at radius 2 is 1.74 bits per heavy atom. The number of halogens is 1. The van der Waals surface area contributed by atoms with Gasteiger partial charge in [-0.05, 0) is 36.6 Å². The van der Waals surface area contributed by atoms with Gasteiger partial charge in [-0.3, -0.25) is 0 Å². The fourth-order valence-electron chi connectivity index (χ4n) is 2.78. The van der Waals surface area contributed by atoms with Crippen molar-refractivity contribution in [3.05, 3.63) is 29.5 Å². The highest BCUT2D eigenvalue weighted by Gasteiger charge is 2.14. The normalized spacial score (nSPS) is 17.3. The molecule has 1 aliphatic rings. The quantitative estimate of drug-likeness (QED) is 0.651. The molecule has 1 aromatic carbocycles. The number of benzene rings is 1. The Balaban J connectivity index is 1.90. The second-order valence-corrected chi connectivity index (χ2v) is 5.53. The summed E-state index contributed by atoms with van der Waals surface area (Å²) in [5.74, 6) is 0.877. The van der Waals surface area contributed by atoms with Gasteiger partial charge in [-0.1, -0.05) is 37.8 Å². The number of para-hydroxylation sites is 1. The number of nitrogens with zero attached hydrogens (tertiary/aromatic N) is 2. The molecule has 0 aliphatic heterocycles. The van der Waals surface area contributed by atoms with Crippen LogP contribution < -0.4 is 5.32 Å². The van der Waals surface area contributed by atoms with Crippen LogP contribution in [0.4, 0.5) is 5.82 Å². The van der Waals surface area contributed by atoms with E-state index in [9.17, 15) is 0 Å². The smallest absolute Gasteiger partial charge is 0.224 e. The van der Waals surface area contributed by atoms with Crippen LogP contribution in [0.5, 0.6) is 0 Å². The molecule has 100 valence electrons. The molecule has 2 aromatic rings. The second kappa shape index (κ2) is 5.74. The molecule has 1 N–H and O–H groups in total. The Kier molecular flexibility index (Phi) is 3.83. The first-order valence-electron chi connectivity index (χ1n) is 7.02. The van der Waals surface area contributed by atoms with Crippen LogP contribution in [-0.4, -0.2) is 16.0 Å². The fraction of sp³-hybridized carbons (Fsp3) is 0.467. The van der Waals surface area contributed by atoms with Gasteiger partial charge >= 0.3 is 0 Å². The Morgan fingerprint density at radius 1 is 1.00 bits per heavy atom. The zero-order valence-electron chi connectivity index (χ0n) is 10.9. The maximum absolute atomic E-state index is 6.01. The van der Waals surface area contributed by atoms with Gasteiger partial charge in [-0.2, -0.15) is 0 Å². The molecule has 1 saturated carbocycles. The molecule has 1 fully saturated rings. The number of nitrogens with one attached hydrogen (secondary N) is 1. The summed E-state index contributed by atoms with van der Waals surface area (Å²) in [5, 5.41) is 4.94. The first-order valence-corrected chi connectivity index (χ1v) is 7.39. The van der Waals surface area contributed by atoms with Crippen LogP contribution in [-0.2, 0) is 0 Å². The van der Waals surface area contributed by atoms with Crippen molar-refractivity contribution in [1.82, 2.24) is 9.97 Å². The summed E-state index contributed by atoms with van der Waals surface area (Å²) < 4.78 is 0. The van der Waals surface area contributed by atoms with Crippen molar-refractivity contribution < 1.29 is 0 Å². The Labute approximate surface area is 118 Å². The highest BCUT2D eigenvalue weighted by molar-refractivity contribution is 6.28. The van der Waals surface area contributed by atoms with Crippen LogP contribution in [0, 0.1) is 0 Å². The molecule has 4 heteroatoms. The number of fused-ring (bicyclic) bond motifs is 1. The van der Waals surface area contributed by atoms with Crippen LogP contribution >= 0.6 is 11.6 Å². The van der Waals surface area contributed by atoms with Crippen molar-refractivity contribution in [1.29, 1.82) is 0 Å². The Bertz CT molecular complexity index is 562. The van der Waals surface area contributed by atoms with E-state index in [-0.39, 0.29) is 0 Å². The summed E-state index contributed by atoms with van der Waals surface area (Å²) >= 11 is 6.01. The van der Waals surface area contributed by atoms with Gasteiger partial charge in [0.15, 0.2) is 0 Å². The number of hydrogen-bond donors (Lipinski definition) is 1. The van der Waals surface area contributed by atoms with E-state index < -0.39 is 0 Å². The second-order valence-electron chi connectivity index (χ2n) is 5.19. The monoisotopic (exact) mass is 275 g/mol. The van der Waals surface area contributed by atoms with Gasteiger partial charge in [-0.15, -0.1) is 0 Å². The van der Waals surface area contributed by atoms with E-state index in [1.165, 1.54) is 38.5 Å². The molecule has 0 atom stereocenters. The predicted molar refractivity (Wildman–Crippen MR) is 79.7 cm³/mol. The molecule has 19 heavy (non-hydrogen) atoms. The summed E-state index contributed by atoms with van der Waals surface area (Å²) in [4.78, 5) is 8.63. The fourth-order valence-corrected chi connectivity index (χ4v) is 2.95. The molecule has 0 radical (unpaired) electrons. The third-order valence-corrected chi connectivity index (χ3v) is 3.94. The minimum Gasteiger partial charge on any atom is -0.367 e. The third-order valence-electron chi connectivity index (χ3n) is 3.77. The molecule has 0 bridgehead atoms. The minimum atomic E-state index is 0.315. The van der Waals surface area contributed by atoms with Crippen molar-refractivity contribution in [2.24, 2.45) is 0 Å². The van der Waals surface area contributed by atoms with Gasteiger partial charge in [0.05, 0.1) is 5.52 Å². The molecule has 1 aliphatic carbocycles. The zero-order chi connectivity index (χ0) is 13.1. The van der Waals surface area contributed by atoms with Crippen molar-refractivity contribution in [2.75, 3.05) is 5.32 Å². The summed E-state index contributed by atoms with van der Waals surface area (Å²) in [5.41, 5.74) is 0.902. The molecule has 0 spiro atoms. The molecule has 0 amide bonds. The van der Waals surface area contributed by atoms with E-state index in [0.29, 0.717) is 11.3 Å². The number of rotatable bonds is 2. The van der Waals surface area contributed by atoms with Crippen molar-refractivity contribution in [3.63, 3.8) is 0 Å². The lowest BCUT2D eigenvalue weighted by atomic mass is 10.1. The lowest BCUT2D eigenvalue weighted by Crippen LogP contribution is -2.19. The average molecular weight is 276 g/mol. The van der Waals surface area contributed by atoms with Crippen LogP contribution in [0.15, 0.2) is 24.3 Å². The summed E-state index contributed by atoms with van der Waals surface area (Å²) in [6, 6.07) is 8.52. The van der Waals surface area contributed by atoms with E-state index >= 15 is 0 Å². The number of anilines is 1. The maximum Gasteiger partial charge on any atom is 0.224 e. The average Bonchev–Trinajstić information content (AvgIpc) is 2.67. The van der Waals surface area contributed by atoms with Crippen LogP contribution in [0.25, 0.3) is 10.9 Å². The van der Waals surface area contributed by atoms with Gasteiger partial charge in [0.1, 0.15) is 5.82 Å². The minimum absolute atomic E-state index is 0.315. The first kappa shape index (κ1) is 12.7. The van der Waals surface area contributed by atoms with E-state index in [4.69, 9.17) is 11.6 Å². The number of aromatic nitrogens is 2. The molecule has 1 aromatic heterocycles. The first-order chi connectivity index (χ1) is 9.33. The largest absolute Gasteiger partial charge is 0.367 e. The molecular weight excluding hydrogens is 258 g/mol. The van der Waals surface area contributed by atoms with Gasteiger partial charge in [0.2, 0.25) is 5.28 Å². The molecule has 0 saturated heterocycles. The van der Waals surface area contributed by atoms with Crippen LogP contribution in [0.3, 0.4) is 0 Å². The van der Waals surface area contributed by atoms with E-state index in [0.717, 1.165) is 16.7 Å². The highest BCUT2D eigenvalue weighted by Crippen LogP contribution is 2.25. The third kappa shape index (κ3) is 2.98. The molecule has 1 heterocycles. The number of hydrogen-bond acceptors (Lipinski definition) is 3. The molecular formula is C15H18ClN3. The van der Waals surface area contributed by atoms with E-state index in [2.05, 4.69) is 15.3 Å². The zero-order valence-corrected chi connectivity index (χ0v) is 11.7. The SMILES string of the molecule is Clc1nc(NC2CCCCCC2)c2ccccc2n1. The van der Waals surface area contributed by atoms with Crippen molar-refractivity contribution in [2.45, 2.75) is 44.6 Å². The van der Waals surface area contributed by atoms with E-state index in [1.54, 1.807) is 0 Å². The van der Waals surface area contributed by atoms with Gasteiger partial charge in [0.25, 0.3) is 0 Å². The molecule has 0 unspecified atom stereocenters. The predicted octanol–water partition coefficient (Wildman–Crippen LogP) is 4.42. The van der Waals surface area contributed by atoms with E-state index in [1.807, 2.05) is 24.3 Å². The summed E-state index contributed by atoms with van der Waals surface area (Å²) in [6.07, 6.45) is 7.74. The molecule has 3 nitrogen and oxygen atoms in total. The van der Waals surface area contributed by atoms with Gasteiger partial charge in [0, 0.05) is 11.4 Å². The standard InChI is InChI=1S/C15H18ClN3/c16-15-18-13-10-6-5-9-12(13)14(19-15)17-11-7-3-1-2-4-8-11/h5-6,9-11H,1-4,7-8H2,(H,17,18,19). The maximum atomic E-state index is 6.01. The lowest BCUT2D eigenvalue weighted by Gasteiger charge is -2.18. The lowest BCUT2D eigenvalue weighted by molar-refractivity contribution is 0.618. The topological polar surface area (TPSA) is 37.8 Å². The summed E-state index contributed by atoms with van der Waals surface area (Å²) in [6.45, 7) is 0. The molecule has 3 rings (SSSR count). The van der Waals surface area contributed by atoms with Crippen molar-refractivity contribution in [3.8, 4) is 0 Å². The van der Waals surface area contributed by atoms with Crippen LogP contribution in [0.1, 0.15) is 38.5 Å². The van der Waals surface area contributed by atoms with Gasteiger partial charge in [-0.25, -0.2) is 9.97 Å². The Hall–Kier alpha value is -1.35. The van der Waals surface area contributed by atoms with Gasteiger partial charge < -0.3 is 5.32 Å². The highest BCUT2D eigenvalue weighted by atomic mass is 35.5. The Morgan fingerprint density at radius 3 is 2.53 bits per heavy atom. The summed E-state index contributed by atoms with van der Waals surface area (Å²) in [7, 11) is 0. The van der Waals surface area contributed by atoms with Crippen LogP contribution in [0.2, 0.25) is 5.28 Å².